The van der Waals surface area contributed by atoms with Crippen molar-refractivity contribution in [3.63, 3.8) is 0 Å². The van der Waals surface area contributed by atoms with Crippen molar-refractivity contribution >= 4 is 5.97 Å². The average Bonchev–Trinajstić information content (AvgIpc) is 2.59. The van der Waals surface area contributed by atoms with Crippen molar-refractivity contribution in [2.45, 2.75) is 31.9 Å². The molecule has 1 aromatic rings. The molecule has 0 saturated carbocycles. The summed E-state index contributed by atoms with van der Waals surface area (Å²) >= 11 is 0. The highest BCUT2D eigenvalue weighted by Crippen LogP contribution is 2.43. The molecule has 2 aliphatic heterocycles. The van der Waals surface area contributed by atoms with E-state index >= 15 is 0 Å². The Kier molecular flexibility index (Phi) is 4.96. The van der Waals surface area contributed by atoms with E-state index in [9.17, 15) is 9.90 Å². The summed E-state index contributed by atoms with van der Waals surface area (Å²) in [6.07, 6.45) is 0.771. The highest BCUT2D eigenvalue weighted by Gasteiger charge is 2.42. The molecule has 1 N–H and O–H groups in total. The van der Waals surface area contributed by atoms with Crippen LogP contribution in [0.1, 0.15) is 30.5 Å². The SMILES string of the molecule is CCOC(=O)[C@@H]1C[C@H]2c3cc(OC)c(OC)cc3CCN2C[C@@H]1O. The normalized spacial score (nSPS) is 26.2. The van der Waals surface area contributed by atoms with Gasteiger partial charge in [-0.05, 0) is 43.0 Å². The molecule has 1 saturated heterocycles. The molecule has 132 valence electrons. The number of benzene rings is 1. The predicted octanol–water partition coefficient (Wildman–Crippen LogP) is 1.55. The molecule has 0 spiro atoms. The van der Waals surface area contributed by atoms with Gasteiger partial charge < -0.3 is 19.3 Å². The van der Waals surface area contributed by atoms with Crippen LogP contribution in [-0.4, -0.2) is 56.0 Å². The van der Waals surface area contributed by atoms with E-state index in [0.29, 0.717) is 25.3 Å². The molecule has 1 fully saturated rings. The molecule has 1 aromatic carbocycles. The standard InChI is InChI=1S/C18H25NO5/c1-4-24-18(21)13-8-14-12-9-17(23-3)16(22-2)7-11(12)5-6-19(14)10-15(13)20/h7,9,13-15,20H,4-6,8,10H2,1-3H3/t13-,14+,15+/m1/s1. The van der Waals surface area contributed by atoms with Crippen LogP contribution in [0, 0.1) is 5.92 Å². The zero-order chi connectivity index (χ0) is 17.3. The van der Waals surface area contributed by atoms with Crippen molar-refractivity contribution in [1.82, 2.24) is 4.90 Å². The Morgan fingerprint density at radius 2 is 2.00 bits per heavy atom. The van der Waals surface area contributed by atoms with Crippen molar-refractivity contribution in [1.29, 1.82) is 0 Å². The lowest BCUT2D eigenvalue weighted by atomic mass is 9.80. The maximum absolute atomic E-state index is 12.2. The summed E-state index contributed by atoms with van der Waals surface area (Å²) in [7, 11) is 3.25. The number of aliphatic hydroxyl groups is 1. The molecule has 0 bridgehead atoms. The number of ether oxygens (including phenoxy) is 3. The Balaban J connectivity index is 1.92. The number of methoxy groups -OCH3 is 2. The molecule has 3 atom stereocenters. The number of carbonyl (C=O) groups excluding carboxylic acids is 1. The van der Waals surface area contributed by atoms with E-state index in [1.54, 1.807) is 21.1 Å². The molecule has 24 heavy (non-hydrogen) atoms. The van der Waals surface area contributed by atoms with Gasteiger partial charge in [0.2, 0.25) is 0 Å². The number of rotatable bonds is 4. The third-order valence-corrected chi connectivity index (χ3v) is 5.07. The van der Waals surface area contributed by atoms with Gasteiger partial charge in [0.1, 0.15) is 0 Å². The van der Waals surface area contributed by atoms with Crippen LogP contribution in [0.25, 0.3) is 0 Å². The summed E-state index contributed by atoms with van der Waals surface area (Å²) in [6.45, 7) is 3.46. The third-order valence-electron chi connectivity index (χ3n) is 5.07. The third kappa shape index (κ3) is 2.96. The molecule has 6 heteroatoms. The van der Waals surface area contributed by atoms with Gasteiger partial charge in [-0.1, -0.05) is 0 Å². The summed E-state index contributed by atoms with van der Waals surface area (Å²) in [6, 6.07) is 4.12. The summed E-state index contributed by atoms with van der Waals surface area (Å²) in [5.74, 6) is 0.627. The van der Waals surface area contributed by atoms with E-state index < -0.39 is 12.0 Å². The molecular weight excluding hydrogens is 310 g/mol. The minimum atomic E-state index is -0.679. The van der Waals surface area contributed by atoms with Crippen molar-refractivity contribution in [3.05, 3.63) is 23.3 Å². The van der Waals surface area contributed by atoms with Crippen LogP contribution in [0.3, 0.4) is 0 Å². The number of nitrogens with zero attached hydrogens (tertiary/aromatic N) is 1. The molecule has 0 amide bonds. The lowest BCUT2D eigenvalue weighted by molar-refractivity contribution is -0.157. The Morgan fingerprint density at radius 1 is 1.29 bits per heavy atom. The summed E-state index contributed by atoms with van der Waals surface area (Å²) in [5, 5.41) is 10.3. The topological polar surface area (TPSA) is 68.2 Å². The fourth-order valence-electron chi connectivity index (χ4n) is 3.84. The minimum Gasteiger partial charge on any atom is -0.493 e. The molecular formula is C18H25NO5. The van der Waals surface area contributed by atoms with Gasteiger partial charge in [0, 0.05) is 19.1 Å². The first-order chi connectivity index (χ1) is 11.6. The number of fused-ring (bicyclic) bond motifs is 3. The zero-order valence-corrected chi connectivity index (χ0v) is 14.4. The molecule has 0 radical (unpaired) electrons. The van der Waals surface area contributed by atoms with Crippen molar-refractivity contribution in [2.24, 2.45) is 5.92 Å². The molecule has 2 aliphatic rings. The van der Waals surface area contributed by atoms with Crippen LogP contribution in [0.2, 0.25) is 0 Å². The predicted molar refractivity (Wildman–Crippen MR) is 88.3 cm³/mol. The van der Waals surface area contributed by atoms with Crippen LogP contribution in [0.15, 0.2) is 12.1 Å². The molecule has 2 heterocycles. The summed E-state index contributed by atoms with van der Waals surface area (Å²) < 4.78 is 16.0. The second-order valence-corrected chi connectivity index (χ2v) is 6.33. The second kappa shape index (κ2) is 6.99. The van der Waals surface area contributed by atoms with E-state index in [1.807, 2.05) is 12.1 Å². The Morgan fingerprint density at radius 3 is 2.67 bits per heavy atom. The van der Waals surface area contributed by atoms with Gasteiger partial charge in [0.15, 0.2) is 11.5 Å². The number of aliphatic hydroxyl groups excluding tert-OH is 1. The van der Waals surface area contributed by atoms with Crippen molar-refractivity contribution in [2.75, 3.05) is 33.9 Å². The van der Waals surface area contributed by atoms with Crippen LogP contribution in [0.5, 0.6) is 11.5 Å². The van der Waals surface area contributed by atoms with E-state index in [-0.39, 0.29) is 12.0 Å². The molecule has 6 nitrogen and oxygen atoms in total. The highest BCUT2D eigenvalue weighted by molar-refractivity contribution is 5.73. The maximum Gasteiger partial charge on any atom is 0.311 e. The van der Waals surface area contributed by atoms with Crippen LogP contribution < -0.4 is 9.47 Å². The Labute approximate surface area is 142 Å². The molecule has 0 unspecified atom stereocenters. The largest absolute Gasteiger partial charge is 0.493 e. The number of hydrogen-bond acceptors (Lipinski definition) is 6. The Bertz CT molecular complexity index is 618. The zero-order valence-electron chi connectivity index (χ0n) is 14.4. The Hall–Kier alpha value is -1.79. The van der Waals surface area contributed by atoms with E-state index in [1.165, 1.54) is 5.56 Å². The number of esters is 1. The minimum absolute atomic E-state index is 0.0892. The van der Waals surface area contributed by atoms with Gasteiger partial charge in [0.05, 0.1) is 32.8 Å². The molecule has 3 rings (SSSR count). The van der Waals surface area contributed by atoms with Crippen molar-refractivity contribution < 1.29 is 24.1 Å². The van der Waals surface area contributed by atoms with Gasteiger partial charge in [-0.3, -0.25) is 9.69 Å². The van der Waals surface area contributed by atoms with Gasteiger partial charge in [0.25, 0.3) is 0 Å². The number of carbonyl (C=O) groups is 1. The number of piperidine rings is 1. The monoisotopic (exact) mass is 335 g/mol. The quantitative estimate of drug-likeness (QED) is 0.842. The van der Waals surface area contributed by atoms with E-state index in [2.05, 4.69) is 4.90 Å². The maximum atomic E-state index is 12.2. The fraction of sp³-hybridized carbons (Fsp3) is 0.611. The number of hydrogen-bond donors (Lipinski definition) is 1. The smallest absolute Gasteiger partial charge is 0.311 e. The first kappa shape index (κ1) is 17.0. The van der Waals surface area contributed by atoms with Crippen molar-refractivity contribution in [3.8, 4) is 11.5 Å². The first-order valence-electron chi connectivity index (χ1n) is 8.42. The molecule has 0 aliphatic carbocycles. The second-order valence-electron chi connectivity index (χ2n) is 6.33. The van der Waals surface area contributed by atoms with Crippen LogP contribution >= 0.6 is 0 Å². The van der Waals surface area contributed by atoms with Gasteiger partial charge in [-0.25, -0.2) is 0 Å². The lowest BCUT2D eigenvalue weighted by Gasteiger charge is -2.45. The summed E-state index contributed by atoms with van der Waals surface area (Å²) in [5.41, 5.74) is 2.37. The van der Waals surface area contributed by atoms with Gasteiger partial charge in [-0.15, -0.1) is 0 Å². The van der Waals surface area contributed by atoms with E-state index in [0.717, 1.165) is 24.3 Å². The fourth-order valence-corrected chi connectivity index (χ4v) is 3.84. The molecule has 0 aromatic heterocycles. The van der Waals surface area contributed by atoms with Crippen LogP contribution in [-0.2, 0) is 16.0 Å². The van der Waals surface area contributed by atoms with Crippen LogP contribution in [0.4, 0.5) is 0 Å². The van der Waals surface area contributed by atoms with Gasteiger partial charge in [-0.2, -0.15) is 0 Å². The average molecular weight is 335 g/mol. The van der Waals surface area contributed by atoms with E-state index in [4.69, 9.17) is 14.2 Å². The highest BCUT2D eigenvalue weighted by atomic mass is 16.5. The first-order valence-corrected chi connectivity index (χ1v) is 8.42. The van der Waals surface area contributed by atoms with Gasteiger partial charge >= 0.3 is 5.97 Å². The summed E-state index contributed by atoms with van der Waals surface area (Å²) in [4.78, 5) is 14.4. The lowest BCUT2D eigenvalue weighted by Crippen LogP contribution is -2.50.